The smallest absolute Gasteiger partial charge is 0.248 e. The Kier molecular flexibility index (Phi) is 3.89. The maximum absolute atomic E-state index is 12.1. The molecule has 1 aromatic rings. The van der Waals surface area contributed by atoms with Crippen LogP contribution in [0.25, 0.3) is 0 Å². The van der Waals surface area contributed by atoms with Crippen molar-refractivity contribution in [2.24, 2.45) is 0 Å². The van der Waals surface area contributed by atoms with Gasteiger partial charge in [-0.25, -0.2) is 0 Å². The summed E-state index contributed by atoms with van der Waals surface area (Å²) in [5, 5.41) is 0. The molecule has 1 spiro atoms. The van der Waals surface area contributed by atoms with Crippen LogP contribution in [0.5, 0.6) is 5.75 Å². The topological polar surface area (TPSA) is 38.8 Å². The molecule has 1 atom stereocenters. The normalized spacial score (nSPS) is 23.4. The second kappa shape index (κ2) is 5.68. The zero-order valence-electron chi connectivity index (χ0n) is 12.9. The molecule has 114 valence electrons. The van der Waals surface area contributed by atoms with E-state index in [0.717, 1.165) is 31.7 Å². The summed E-state index contributed by atoms with van der Waals surface area (Å²) in [4.78, 5) is 14.1. The van der Waals surface area contributed by atoms with Crippen LogP contribution < -0.4 is 4.74 Å². The maximum Gasteiger partial charge on any atom is 0.248 e. The van der Waals surface area contributed by atoms with Crippen molar-refractivity contribution in [3.8, 4) is 5.75 Å². The third-order valence-electron chi connectivity index (χ3n) is 4.66. The van der Waals surface area contributed by atoms with E-state index in [9.17, 15) is 4.79 Å². The van der Waals surface area contributed by atoms with E-state index in [-0.39, 0.29) is 17.9 Å². The zero-order chi connectivity index (χ0) is 14.9. The minimum Gasteiger partial charge on any atom is -0.492 e. The summed E-state index contributed by atoms with van der Waals surface area (Å²) >= 11 is 0. The lowest BCUT2D eigenvalue weighted by molar-refractivity contribution is -0.135. The van der Waals surface area contributed by atoms with E-state index in [4.69, 9.17) is 9.47 Å². The molecule has 4 heteroatoms. The Morgan fingerprint density at radius 3 is 3.05 bits per heavy atom. The molecule has 0 saturated carbocycles. The molecular weight excluding hydrogens is 266 g/mol. The molecule has 0 aliphatic carbocycles. The number of rotatable bonds is 4. The van der Waals surface area contributed by atoms with Crippen LogP contribution >= 0.6 is 0 Å². The molecule has 0 N–H and O–H groups in total. The van der Waals surface area contributed by atoms with Crippen molar-refractivity contribution in [3.05, 3.63) is 29.3 Å². The lowest BCUT2D eigenvalue weighted by Crippen LogP contribution is -2.37. The van der Waals surface area contributed by atoms with E-state index in [0.29, 0.717) is 13.2 Å². The molecule has 0 bridgehead atoms. The molecule has 1 amide bonds. The highest BCUT2D eigenvalue weighted by atomic mass is 16.5. The van der Waals surface area contributed by atoms with Gasteiger partial charge in [-0.2, -0.15) is 0 Å². The van der Waals surface area contributed by atoms with Crippen LogP contribution in [0.15, 0.2) is 18.2 Å². The number of amides is 1. The van der Waals surface area contributed by atoms with Gasteiger partial charge in [0.25, 0.3) is 0 Å². The lowest BCUT2D eigenvalue weighted by atomic mass is 9.81. The molecule has 2 aliphatic heterocycles. The SMILES string of the molecule is CCOCC(=O)N1CC[C@]2(COc3ccc(CC)cc32)C1. The second-order valence-electron chi connectivity index (χ2n) is 5.96. The summed E-state index contributed by atoms with van der Waals surface area (Å²) in [5.41, 5.74) is 2.61. The van der Waals surface area contributed by atoms with E-state index in [1.54, 1.807) is 0 Å². The van der Waals surface area contributed by atoms with Gasteiger partial charge in [0.15, 0.2) is 0 Å². The summed E-state index contributed by atoms with van der Waals surface area (Å²) in [6, 6.07) is 6.47. The van der Waals surface area contributed by atoms with Crippen molar-refractivity contribution in [2.75, 3.05) is 32.9 Å². The van der Waals surface area contributed by atoms with E-state index < -0.39 is 0 Å². The number of ether oxygens (including phenoxy) is 2. The summed E-state index contributed by atoms with van der Waals surface area (Å²) in [7, 11) is 0. The van der Waals surface area contributed by atoms with E-state index in [2.05, 4.69) is 25.1 Å². The number of carbonyl (C=O) groups is 1. The molecule has 1 fully saturated rings. The van der Waals surface area contributed by atoms with Crippen LogP contribution in [0.1, 0.15) is 31.4 Å². The summed E-state index contributed by atoms with van der Waals surface area (Å²) in [6.45, 7) is 7.08. The average Bonchev–Trinajstić information content (AvgIpc) is 3.10. The molecule has 3 rings (SSSR count). The molecule has 1 saturated heterocycles. The summed E-state index contributed by atoms with van der Waals surface area (Å²) < 4.78 is 11.1. The quantitative estimate of drug-likeness (QED) is 0.852. The maximum atomic E-state index is 12.1. The van der Waals surface area contributed by atoms with Crippen molar-refractivity contribution in [2.45, 2.75) is 32.1 Å². The zero-order valence-corrected chi connectivity index (χ0v) is 12.9. The number of nitrogens with zero attached hydrogens (tertiary/aromatic N) is 1. The van der Waals surface area contributed by atoms with Gasteiger partial charge in [0, 0.05) is 25.3 Å². The summed E-state index contributed by atoms with van der Waals surface area (Å²) in [5.74, 6) is 1.08. The number of benzene rings is 1. The van der Waals surface area contributed by atoms with Gasteiger partial charge in [0.05, 0.1) is 12.0 Å². The Balaban J connectivity index is 1.78. The van der Waals surface area contributed by atoms with Gasteiger partial charge in [-0.05, 0) is 31.4 Å². The Labute approximate surface area is 126 Å². The Bertz CT molecular complexity index is 543. The fraction of sp³-hybridized carbons (Fsp3) is 0.588. The van der Waals surface area contributed by atoms with E-state index >= 15 is 0 Å². The van der Waals surface area contributed by atoms with E-state index in [1.807, 2.05) is 11.8 Å². The van der Waals surface area contributed by atoms with Crippen LogP contribution in [0.3, 0.4) is 0 Å². The van der Waals surface area contributed by atoms with Gasteiger partial charge in [-0.3, -0.25) is 4.79 Å². The molecule has 4 nitrogen and oxygen atoms in total. The molecular formula is C17H23NO3. The van der Waals surface area contributed by atoms with E-state index in [1.165, 1.54) is 11.1 Å². The number of carbonyl (C=O) groups excluding carboxylic acids is 1. The number of hydrogen-bond donors (Lipinski definition) is 0. The first-order valence-electron chi connectivity index (χ1n) is 7.80. The first kappa shape index (κ1) is 14.4. The van der Waals surface area contributed by atoms with Gasteiger partial charge in [-0.1, -0.05) is 19.1 Å². The predicted octanol–water partition coefficient (Wildman–Crippen LogP) is 2.15. The van der Waals surface area contributed by atoms with Crippen molar-refractivity contribution < 1.29 is 14.3 Å². The number of likely N-dealkylation sites (tertiary alicyclic amines) is 1. The van der Waals surface area contributed by atoms with Crippen molar-refractivity contribution in [1.29, 1.82) is 0 Å². The molecule has 1 aromatic carbocycles. The molecule has 2 heterocycles. The largest absolute Gasteiger partial charge is 0.492 e. The number of aryl methyl sites for hydroxylation is 1. The van der Waals surface area contributed by atoms with Crippen molar-refractivity contribution in [1.82, 2.24) is 4.90 Å². The molecule has 2 aliphatic rings. The van der Waals surface area contributed by atoms with Gasteiger partial charge >= 0.3 is 0 Å². The average molecular weight is 289 g/mol. The highest BCUT2D eigenvalue weighted by Gasteiger charge is 2.47. The monoisotopic (exact) mass is 289 g/mol. The first-order valence-corrected chi connectivity index (χ1v) is 7.80. The fourth-order valence-corrected chi connectivity index (χ4v) is 3.33. The second-order valence-corrected chi connectivity index (χ2v) is 5.96. The lowest BCUT2D eigenvalue weighted by Gasteiger charge is -2.23. The number of fused-ring (bicyclic) bond motifs is 2. The van der Waals surface area contributed by atoms with Crippen molar-refractivity contribution in [3.63, 3.8) is 0 Å². The van der Waals surface area contributed by atoms with Crippen LogP contribution in [0, 0.1) is 0 Å². The highest BCUT2D eigenvalue weighted by molar-refractivity contribution is 5.78. The van der Waals surface area contributed by atoms with Gasteiger partial charge in [0.1, 0.15) is 12.4 Å². The molecule has 21 heavy (non-hydrogen) atoms. The Morgan fingerprint density at radius 2 is 2.29 bits per heavy atom. The van der Waals surface area contributed by atoms with Crippen LogP contribution in [-0.2, 0) is 21.4 Å². The third-order valence-corrected chi connectivity index (χ3v) is 4.66. The van der Waals surface area contributed by atoms with Crippen LogP contribution in [0.4, 0.5) is 0 Å². The predicted molar refractivity (Wildman–Crippen MR) is 80.7 cm³/mol. The summed E-state index contributed by atoms with van der Waals surface area (Å²) in [6.07, 6.45) is 2.00. The Hall–Kier alpha value is -1.55. The van der Waals surface area contributed by atoms with Crippen LogP contribution in [0.2, 0.25) is 0 Å². The molecule has 0 radical (unpaired) electrons. The van der Waals surface area contributed by atoms with Gasteiger partial charge in [-0.15, -0.1) is 0 Å². The van der Waals surface area contributed by atoms with Crippen molar-refractivity contribution >= 4 is 5.91 Å². The highest BCUT2D eigenvalue weighted by Crippen LogP contribution is 2.45. The number of hydrogen-bond acceptors (Lipinski definition) is 3. The van der Waals surface area contributed by atoms with Gasteiger partial charge in [0.2, 0.25) is 5.91 Å². The van der Waals surface area contributed by atoms with Crippen LogP contribution in [-0.4, -0.2) is 43.7 Å². The first-order chi connectivity index (χ1) is 10.2. The molecule has 0 unspecified atom stereocenters. The Morgan fingerprint density at radius 1 is 1.43 bits per heavy atom. The molecule has 0 aromatic heterocycles. The third kappa shape index (κ3) is 2.53. The van der Waals surface area contributed by atoms with Gasteiger partial charge < -0.3 is 14.4 Å². The minimum atomic E-state index is -0.0115. The minimum absolute atomic E-state index is 0.0115. The standard InChI is InChI=1S/C17H23NO3/c1-3-13-5-6-15-14(9-13)17(12-21-15)7-8-18(11-17)16(19)10-20-4-2/h5-6,9H,3-4,7-8,10-12H2,1-2H3/t17-/m1/s1. The fourth-order valence-electron chi connectivity index (χ4n) is 3.33.